The Morgan fingerprint density at radius 1 is 1.40 bits per heavy atom. The van der Waals surface area contributed by atoms with E-state index >= 15 is 0 Å². The molecule has 0 unspecified atom stereocenters. The van der Waals surface area contributed by atoms with Crippen molar-refractivity contribution >= 4 is 39.7 Å². The summed E-state index contributed by atoms with van der Waals surface area (Å²) >= 11 is 0. The van der Waals surface area contributed by atoms with E-state index in [9.17, 15) is 8.42 Å². The Morgan fingerprint density at radius 3 is 1.70 bits per heavy atom. The molecular weight excluding hydrogens is 171 g/mol. The average molecular weight is 179 g/mol. The number of aliphatic hydroxyl groups is 2. The molecule has 0 aromatic rings. The molecule has 0 aliphatic heterocycles. The molecule has 0 amide bonds. The fraction of sp³-hybridized carbons (Fsp3) is 1.00. The molecule has 3 N–H and O–H groups in total. The Kier molecular flexibility index (Phi) is 5.38. The molecule has 57 valence electrons. The van der Waals surface area contributed by atoms with Crippen LogP contribution in [0.15, 0.2) is 0 Å². The van der Waals surface area contributed by atoms with Crippen LogP contribution in [0.1, 0.15) is 13.3 Å². The number of hydrogen-bond acceptors (Lipinski definition) is 4. The van der Waals surface area contributed by atoms with Gasteiger partial charge in [0.15, 0.2) is 0 Å². The molecule has 0 aromatic carbocycles. The van der Waals surface area contributed by atoms with E-state index in [0.717, 1.165) is 0 Å². The summed E-state index contributed by atoms with van der Waals surface area (Å²) in [6.45, 7) is 1.22. The molecule has 5 nitrogen and oxygen atoms in total. The molecular formula is C3H8NaO5S. The van der Waals surface area contributed by atoms with Crippen LogP contribution in [0.2, 0.25) is 0 Å². The fourth-order valence-electron chi connectivity index (χ4n) is 0.182. The summed E-state index contributed by atoms with van der Waals surface area (Å²) in [5, 5.41) is 13.8. The van der Waals surface area contributed by atoms with Gasteiger partial charge in [0.1, 0.15) is 0 Å². The molecule has 10 heavy (non-hydrogen) atoms. The van der Waals surface area contributed by atoms with Crippen LogP contribution in [0.3, 0.4) is 0 Å². The van der Waals surface area contributed by atoms with E-state index in [0.29, 0.717) is 0 Å². The fourth-order valence-corrected chi connectivity index (χ4v) is 0.547. The van der Waals surface area contributed by atoms with Crippen LogP contribution in [0.4, 0.5) is 0 Å². The zero-order valence-electron chi connectivity index (χ0n) is 5.77. The minimum atomic E-state index is -4.74. The third-order valence-corrected chi connectivity index (χ3v) is 1.99. The summed E-state index contributed by atoms with van der Waals surface area (Å²) in [6.07, 6.45) is -0.466. The van der Waals surface area contributed by atoms with Gasteiger partial charge in [-0.2, -0.15) is 8.42 Å². The third kappa shape index (κ3) is 3.29. The van der Waals surface area contributed by atoms with Gasteiger partial charge in [-0.05, 0) is 0 Å². The molecule has 1 radical (unpaired) electrons. The van der Waals surface area contributed by atoms with Crippen molar-refractivity contribution < 1.29 is 23.2 Å². The molecule has 0 bridgehead atoms. The monoisotopic (exact) mass is 179 g/mol. The first kappa shape index (κ1) is 13.4. The van der Waals surface area contributed by atoms with Crippen molar-refractivity contribution in [1.82, 2.24) is 0 Å². The second-order valence-corrected chi connectivity index (χ2v) is 3.18. The van der Waals surface area contributed by atoms with Crippen LogP contribution < -0.4 is 0 Å². The number of hydrogen-bond donors (Lipinski definition) is 3. The molecule has 0 saturated carbocycles. The summed E-state index contributed by atoms with van der Waals surface area (Å²) < 4.78 is 27.9. The van der Waals surface area contributed by atoms with Gasteiger partial charge in [0.05, 0.1) is 0 Å². The predicted molar refractivity (Wildman–Crippen MR) is 34.8 cm³/mol. The minimum absolute atomic E-state index is 0. The Balaban J connectivity index is 0. The molecule has 0 spiro atoms. The summed E-state index contributed by atoms with van der Waals surface area (Å²) in [4.78, 5) is 0. The van der Waals surface area contributed by atoms with E-state index in [1.807, 2.05) is 0 Å². The van der Waals surface area contributed by atoms with Crippen molar-refractivity contribution in [1.29, 1.82) is 0 Å². The largest absolute Gasteiger partial charge is 0.352 e. The van der Waals surface area contributed by atoms with Crippen LogP contribution in [-0.2, 0) is 10.1 Å². The molecule has 0 aromatic heterocycles. The molecule has 7 heteroatoms. The van der Waals surface area contributed by atoms with E-state index in [4.69, 9.17) is 14.8 Å². The van der Waals surface area contributed by atoms with Crippen molar-refractivity contribution in [2.45, 2.75) is 18.5 Å². The first-order chi connectivity index (χ1) is 3.81. The smallest absolute Gasteiger partial charge is 0.321 e. The summed E-state index contributed by atoms with van der Waals surface area (Å²) in [5.74, 6) is 0. The third-order valence-electron chi connectivity index (χ3n) is 0.874. The van der Waals surface area contributed by atoms with Gasteiger partial charge in [-0.1, -0.05) is 6.92 Å². The number of rotatable bonds is 2. The minimum Gasteiger partial charge on any atom is -0.352 e. The normalized spacial score (nSPS) is 12.4. The van der Waals surface area contributed by atoms with Gasteiger partial charge >= 0.3 is 10.1 Å². The van der Waals surface area contributed by atoms with Gasteiger partial charge < -0.3 is 10.2 Å². The van der Waals surface area contributed by atoms with E-state index in [1.165, 1.54) is 6.92 Å². The van der Waals surface area contributed by atoms with Gasteiger partial charge in [0.25, 0.3) is 5.12 Å². The van der Waals surface area contributed by atoms with Gasteiger partial charge in [-0.15, -0.1) is 0 Å². The Hall–Kier alpha value is 0.830. The van der Waals surface area contributed by atoms with E-state index in [2.05, 4.69) is 0 Å². The molecule has 0 fully saturated rings. The first-order valence-corrected chi connectivity index (χ1v) is 3.67. The maximum Gasteiger partial charge on any atom is 0.321 e. The quantitative estimate of drug-likeness (QED) is 0.273. The predicted octanol–water partition coefficient (Wildman–Crippen LogP) is -1.46. The van der Waals surface area contributed by atoms with Crippen molar-refractivity contribution in [3.05, 3.63) is 0 Å². The van der Waals surface area contributed by atoms with Gasteiger partial charge in [0.2, 0.25) is 0 Å². The van der Waals surface area contributed by atoms with Gasteiger partial charge in [-0.3, -0.25) is 4.55 Å². The first-order valence-electron chi connectivity index (χ1n) is 2.23. The molecule has 0 atom stereocenters. The molecule has 0 rings (SSSR count). The van der Waals surface area contributed by atoms with E-state index in [-0.39, 0.29) is 29.6 Å². The SMILES string of the molecule is CCC(O)(O)S(=O)(=O)O.[Na]. The van der Waals surface area contributed by atoms with Crippen molar-refractivity contribution in [2.24, 2.45) is 0 Å². The Bertz CT molecular complexity index is 183. The van der Waals surface area contributed by atoms with Crippen LogP contribution in [0.5, 0.6) is 0 Å². The van der Waals surface area contributed by atoms with Crippen molar-refractivity contribution in [3.8, 4) is 0 Å². The molecule has 0 aliphatic rings. The second kappa shape index (κ2) is 4.01. The van der Waals surface area contributed by atoms with Crippen molar-refractivity contribution in [3.63, 3.8) is 0 Å². The second-order valence-electron chi connectivity index (χ2n) is 1.57. The topological polar surface area (TPSA) is 94.8 Å². The summed E-state index contributed by atoms with van der Waals surface area (Å²) in [5.41, 5.74) is 0. The van der Waals surface area contributed by atoms with Crippen LogP contribution in [-0.4, -0.2) is 57.9 Å². The maximum absolute atomic E-state index is 9.94. The summed E-state index contributed by atoms with van der Waals surface area (Å²) in [7, 11) is -4.74. The maximum atomic E-state index is 9.94. The van der Waals surface area contributed by atoms with Crippen LogP contribution in [0.25, 0.3) is 0 Å². The van der Waals surface area contributed by atoms with E-state index < -0.39 is 21.7 Å². The molecule has 0 saturated heterocycles. The van der Waals surface area contributed by atoms with Gasteiger partial charge in [-0.25, -0.2) is 0 Å². The molecule has 0 heterocycles. The standard InChI is InChI=1S/C3H8O5S.Na/c1-2-3(4,5)9(6,7)8;/h4-5H,2H2,1H3,(H,6,7,8);. The zero-order valence-corrected chi connectivity index (χ0v) is 8.59. The van der Waals surface area contributed by atoms with Crippen LogP contribution in [0, 0.1) is 0 Å². The molecule has 0 aliphatic carbocycles. The Morgan fingerprint density at radius 2 is 1.70 bits per heavy atom. The Labute approximate surface area is 81.1 Å². The van der Waals surface area contributed by atoms with Crippen molar-refractivity contribution in [2.75, 3.05) is 0 Å². The zero-order chi connectivity index (χ0) is 7.71. The summed E-state index contributed by atoms with van der Waals surface area (Å²) in [6, 6.07) is 0. The van der Waals surface area contributed by atoms with Crippen LogP contribution >= 0.6 is 0 Å². The van der Waals surface area contributed by atoms with E-state index in [1.54, 1.807) is 0 Å². The average Bonchev–Trinajstić information content (AvgIpc) is 1.64. The van der Waals surface area contributed by atoms with Gasteiger partial charge in [0, 0.05) is 36.0 Å².